The molecule has 0 aromatic heterocycles. The van der Waals surface area contributed by atoms with E-state index in [0.717, 1.165) is 12.8 Å². The van der Waals surface area contributed by atoms with Gasteiger partial charge in [0.1, 0.15) is 0 Å². The summed E-state index contributed by atoms with van der Waals surface area (Å²) >= 11 is 0. The van der Waals surface area contributed by atoms with Crippen LogP contribution in [0.25, 0.3) is 0 Å². The summed E-state index contributed by atoms with van der Waals surface area (Å²) in [6, 6.07) is 0. The van der Waals surface area contributed by atoms with Crippen molar-refractivity contribution in [2.24, 2.45) is 5.92 Å². The molecule has 0 atom stereocenters. The Morgan fingerprint density at radius 2 is 1.50 bits per heavy atom. The molecule has 2 fully saturated rings. The Bertz CT molecular complexity index is 144. The molecule has 0 unspecified atom stereocenters. The van der Waals surface area contributed by atoms with Gasteiger partial charge in [-0.1, -0.05) is 25.7 Å². The van der Waals surface area contributed by atoms with Gasteiger partial charge in [-0.2, -0.15) is 0 Å². The maximum Gasteiger partial charge on any atom is 0.0675 e. The van der Waals surface area contributed by atoms with Crippen molar-refractivity contribution in [1.29, 1.82) is 0 Å². The average Bonchev–Trinajstić information content (AvgIpc) is 2.18. The lowest BCUT2D eigenvalue weighted by molar-refractivity contribution is -0.0745. The van der Waals surface area contributed by atoms with E-state index in [4.69, 9.17) is 5.11 Å². The molecule has 0 aliphatic heterocycles. The Balaban J connectivity index is 0.000000293. The van der Waals surface area contributed by atoms with Crippen molar-refractivity contribution in [3.63, 3.8) is 0 Å². The first-order valence-corrected chi connectivity index (χ1v) is 6.06. The molecule has 2 nitrogen and oxygen atoms in total. The van der Waals surface area contributed by atoms with Crippen LogP contribution in [-0.2, 0) is 0 Å². The van der Waals surface area contributed by atoms with E-state index < -0.39 is 0 Å². The van der Waals surface area contributed by atoms with Gasteiger partial charge in [0, 0.05) is 6.61 Å². The first-order valence-electron chi connectivity index (χ1n) is 6.06. The fourth-order valence-electron chi connectivity index (χ4n) is 2.86. The minimum absolute atomic E-state index is 0.226. The standard InChI is InChI=1S/C10H18O.C2H6O/c11-10-7-3-1-5-9(10)6-2-4-8-10;1-2-3/h9,11H,1-8H2;3H,2H2,1H3/t9-,10-;. The van der Waals surface area contributed by atoms with E-state index >= 15 is 0 Å². The van der Waals surface area contributed by atoms with Crippen molar-refractivity contribution in [2.75, 3.05) is 6.61 Å². The van der Waals surface area contributed by atoms with E-state index in [1.54, 1.807) is 6.92 Å². The van der Waals surface area contributed by atoms with Gasteiger partial charge < -0.3 is 10.2 Å². The number of hydrogen-bond donors (Lipinski definition) is 2. The van der Waals surface area contributed by atoms with Crippen LogP contribution < -0.4 is 0 Å². The summed E-state index contributed by atoms with van der Waals surface area (Å²) in [5.74, 6) is 0.657. The summed E-state index contributed by atoms with van der Waals surface area (Å²) in [7, 11) is 0. The highest BCUT2D eigenvalue weighted by Crippen LogP contribution is 2.43. The molecule has 0 saturated heterocycles. The third kappa shape index (κ3) is 2.96. The topological polar surface area (TPSA) is 40.5 Å². The third-order valence-electron chi connectivity index (χ3n) is 3.58. The number of aliphatic hydroxyl groups is 2. The van der Waals surface area contributed by atoms with Gasteiger partial charge in [0.25, 0.3) is 0 Å². The van der Waals surface area contributed by atoms with Crippen LogP contribution in [0.5, 0.6) is 0 Å². The average molecular weight is 200 g/mol. The molecule has 2 rings (SSSR count). The van der Waals surface area contributed by atoms with Crippen molar-refractivity contribution < 1.29 is 10.2 Å². The zero-order valence-corrected chi connectivity index (χ0v) is 9.34. The van der Waals surface area contributed by atoms with Crippen LogP contribution in [0, 0.1) is 5.92 Å². The Kier molecular flexibility index (Phi) is 4.90. The molecule has 0 amide bonds. The second-order valence-corrected chi connectivity index (χ2v) is 4.61. The Morgan fingerprint density at radius 3 is 1.86 bits per heavy atom. The largest absolute Gasteiger partial charge is 0.397 e. The molecule has 14 heavy (non-hydrogen) atoms. The summed E-state index contributed by atoms with van der Waals surface area (Å²) in [6.07, 6.45) is 9.96. The molecule has 84 valence electrons. The predicted octanol–water partition coefficient (Wildman–Crippen LogP) is 2.48. The lowest BCUT2D eigenvalue weighted by Gasteiger charge is -2.43. The molecular weight excluding hydrogens is 176 g/mol. The van der Waals surface area contributed by atoms with Crippen molar-refractivity contribution in [3.8, 4) is 0 Å². The lowest BCUT2D eigenvalue weighted by Crippen LogP contribution is -2.42. The third-order valence-corrected chi connectivity index (χ3v) is 3.58. The second kappa shape index (κ2) is 5.72. The van der Waals surface area contributed by atoms with E-state index in [1.807, 2.05) is 0 Å². The molecule has 0 aromatic carbocycles. The SMILES string of the molecule is CCO.O[C@]12CCCC[C@H]1CCCC2. The van der Waals surface area contributed by atoms with Gasteiger partial charge in [0.05, 0.1) is 5.60 Å². The van der Waals surface area contributed by atoms with Gasteiger partial charge in [0.15, 0.2) is 0 Å². The number of rotatable bonds is 0. The van der Waals surface area contributed by atoms with Crippen LogP contribution in [0.4, 0.5) is 0 Å². The monoisotopic (exact) mass is 200 g/mol. The van der Waals surface area contributed by atoms with E-state index in [1.165, 1.54) is 38.5 Å². The highest BCUT2D eigenvalue weighted by Gasteiger charge is 2.39. The minimum atomic E-state index is -0.226. The van der Waals surface area contributed by atoms with Crippen molar-refractivity contribution in [2.45, 2.75) is 63.9 Å². The molecule has 0 radical (unpaired) electrons. The lowest BCUT2D eigenvalue weighted by atomic mass is 9.67. The Morgan fingerprint density at radius 1 is 1.07 bits per heavy atom. The van der Waals surface area contributed by atoms with E-state index in [2.05, 4.69) is 0 Å². The normalized spacial score (nSPS) is 36.6. The molecule has 0 heterocycles. The van der Waals surface area contributed by atoms with E-state index in [0.29, 0.717) is 5.92 Å². The van der Waals surface area contributed by atoms with E-state index in [9.17, 15) is 5.11 Å². The molecule has 2 saturated carbocycles. The van der Waals surface area contributed by atoms with Crippen molar-refractivity contribution >= 4 is 0 Å². The first kappa shape index (κ1) is 12.0. The molecule has 0 aromatic rings. The highest BCUT2D eigenvalue weighted by atomic mass is 16.3. The van der Waals surface area contributed by atoms with Gasteiger partial charge in [-0.3, -0.25) is 0 Å². The number of aliphatic hydroxyl groups excluding tert-OH is 1. The minimum Gasteiger partial charge on any atom is -0.397 e. The zero-order valence-electron chi connectivity index (χ0n) is 9.34. The quantitative estimate of drug-likeness (QED) is 0.630. The fourth-order valence-corrected chi connectivity index (χ4v) is 2.86. The maximum absolute atomic E-state index is 10.2. The molecule has 0 bridgehead atoms. The number of hydrogen-bond acceptors (Lipinski definition) is 2. The molecule has 0 spiro atoms. The fraction of sp³-hybridized carbons (Fsp3) is 1.00. The summed E-state index contributed by atoms with van der Waals surface area (Å²) < 4.78 is 0. The van der Waals surface area contributed by atoms with Gasteiger partial charge in [-0.25, -0.2) is 0 Å². The van der Waals surface area contributed by atoms with E-state index in [-0.39, 0.29) is 12.2 Å². The molecule has 2 aliphatic carbocycles. The second-order valence-electron chi connectivity index (χ2n) is 4.61. The predicted molar refractivity (Wildman–Crippen MR) is 58.1 cm³/mol. The van der Waals surface area contributed by atoms with Crippen molar-refractivity contribution in [3.05, 3.63) is 0 Å². The van der Waals surface area contributed by atoms with Gasteiger partial charge >= 0.3 is 0 Å². The smallest absolute Gasteiger partial charge is 0.0675 e. The van der Waals surface area contributed by atoms with Crippen LogP contribution in [0.2, 0.25) is 0 Å². The van der Waals surface area contributed by atoms with Crippen LogP contribution >= 0.6 is 0 Å². The van der Waals surface area contributed by atoms with Crippen LogP contribution in [-0.4, -0.2) is 22.4 Å². The van der Waals surface area contributed by atoms with Gasteiger partial charge in [-0.15, -0.1) is 0 Å². The molecule has 2 heteroatoms. The molecular formula is C12H24O2. The zero-order chi connectivity index (χ0) is 10.4. The molecule has 2 N–H and O–H groups in total. The maximum atomic E-state index is 10.2. The Hall–Kier alpha value is -0.0800. The molecule has 2 aliphatic rings. The summed E-state index contributed by atoms with van der Waals surface area (Å²) in [4.78, 5) is 0. The van der Waals surface area contributed by atoms with Gasteiger partial charge in [0.2, 0.25) is 0 Å². The van der Waals surface area contributed by atoms with Crippen molar-refractivity contribution in [1.82, 2.24) is 0 Å². The van der Waals surface area contributed by atoms with Crippen LogP contribution in [0.15, 0.2) is 0 Å². The highest BCUT2D eigenvalue weighted by molar-refractivity contribution is 4.92. The van der Waals surface area contributed by atoms with Crippen LogP contribution in [0.1, 0.15) is 58.3 Å². The van der Waals surface area contributed by atoms with Gasteiger partial charge in [-0.05, 0) is 38.5 Å². The first-order chi connectivity index (χ1) is 6.73. The number of fused-ring (bicyclic) bond motifs is 1. The summed E-state index contributed by atoms with van der Waals surface area (Å²) in [6.45, 7) is 1.93. The Labute approximate surface area is 87.3 Å². The summed E-state index contributed by atoms with van der Waals surface area (Å²) in [5.41, 5.74) is -0.226. The van der Waals surface area contributed by atoms with Crippen LogP contribution in [0.3, 0.4) is 0 Å². The summed E-state index contributed by atoms with van der Waals surface area (Å²) in [5, 5.41) is 17.8.